The summed E-state index contributed by atoms with van der Waals surface area (Å²) in [6.45, 7) is 6.32. The third-order valence-corrected chi connectivity index (χ3v) is 10.6. The SMILES string of the molecule is CCCN(CCC1CCC(NS(=O)(=O)c2cccc(-c3ccnc(C)n3)c2)CC1)[C@H]1CCc2nc(N)sc2C1. The second-order valence-electron chi connectivity index (χ2n) is 11.0. The van der Waals surface area contributed by atoms with Gasteiger partial charge in [-0.2, -0.15) is 0 Å². The lowest BCUT2D eigenvalue weighted by atomic mass is 9.84. The van der Waals surface area contributed by atoms with Crippen LogP contribution in [0.25, 0.3) is 11.3 Å². The first-order valence-electron chi connectivity index (χ1n) is 14.2. The molecular formula is C29H40N6O2S2. The van der Waals surface area contributed by atoms with Crippen molar-refractivity contribution in [1.82, 2.24) is 24.6 Å². The van der Waals surface area contributed by atoms with Gasteiger partial charge in [0.2, 0.25) is 10.0 Å². The minimum Gasteiger partial charge on any atom is -0.375 e. The largest absolute Gasteiger partial charge is 0.375 e. The first-order chi connectivity index (χ1) is 18.8. The Labute approximate surface area is 236 Å². The molecule has 2 aliphatic rings. The van der Waals surface area contributed by atoms with Gasteiger partial charge in [-0.1, -0.05) is 19.1 Å². The Hall–Kier alpha value is -2.40. The van der Waals surface area contributed by atoms with Crippen LogP contribution in [-0.4, -0.2) is 53.4 Å². The number of aryl methyl sites for hydroxylation is 2. The molecule has 0 spiro atoms. The molecule has 0 amide bonds. The Bertz CT molecular complexity index is 1370. The Balaban J connectivity index is 1.13. The van der Waals surface area contributed by atoms with Crippen molar-refractivity contribution in [3.63, 3.8) is 0 Å². The van der Waals surface area contributed by atoms with Crippen LogP contribution in [0.1, 0.15) is 68.3 Å². The minimum atomic E-state index is -3.60. The number of sulfonamides is 1. The summed E-state index contributed by atoms with van der Waals surface area (Å²) in [4.78, 5) is 17.4. The van der Waals surface area contributed by atoms with Crippen molar-refractivity contribution in [3.8, 4) is 11.3 Å². The zero-order chi connectivity index (χ0) is 27.4. The molecule has 1 saturated carbocycles. The Kier molecular flexibility index (Phi) is 8.96. The fourth-order valence-corrected chi connectivity index (χ4v) is 8.40. The normalized spacial score (nSPS) is 21.7. The standard InChI is InChI=1S/C29H40N6O2S2/c1-3-16-35(24-11-12-27-28(19-24)38-29(30)33-27)17-14-21-7-9-23(10-8-21)34-39(36,37)25-6-4-5-22(18-25)26-13-15-31-20(2)32-26/h4-6,13,15,18,21,23-24,34H,3,7-12,14,16-17,19H2,1-2H3,(H2,30,33)/t21?,23?,24-/m0/s1. The van der Waals surface area contributed by atoms with Gasteiger partial charge in [0.1, 0.15) is 5.82 Å². The Morgan fingerprint density at radius 1 is 1.10 bits per heavy atom. The van der Waals surface area contributed by atoms with Crippen LogP contribution >= 0.6 is 11.3 Å². The molecule has 1 fully saturated rings. The van der Waals surface area contributed by atoms with Crippen LogP contribution in [0, 0.1) is 12.8 Å². The smallest absolute Gasteiger partial charge is 0.240 e. The van der Waals surface area contributed by atoms with Crippen LogP contribution in [0.3, 0.4) is 0 Å². The molecule has 10 heteroatoms. The van der Waals surface area contributed by atoms with Crippen LogP contribution in [0.5, 0.6) is 0 Å². The van der Waals surface area contributed by atoms with Crippen molar-refractivity contribution in [2.45, 2.75) is 88.6 Å². The summed E-state index contributed by atoms with van der Waals surface area (Å²) in [5.41, 5.74) is 8.67. The van der Waals surface area contributed by atoms with Crippen LogP contribution in [0.2, 0.25) is 0 Å². The third-order valence-electron chi connectivity index (χ3n) is 8.17. The molecular weight excluding hydrogens is 528 g/mol. The van der Waals surface area contributed by atoms with Gasteiger partial charge < -0.3 is 10.6 Å². The number of thiazole rings is 1. The Morgan fingerprint density at radius 3 is 2.69 bits per heavy atom. The van der Waals surface area contributed by atoms with Crippen LogP contribution < -0.4 is 10.5 Å². The van der Waals surface area contributed by atoms with E-state index in [4.69, 9.17) is 5.73 Å². The second-order valence-corrected chi connectivity index (χ2v) is 13.8. The topological polar surface area (TPSA) is 114 Å². The van der Waals surface area contributed by atoms with Gasteiger partial charge in [0.25, 0.3) is 0 Å². The van der Waals surface area contributed by atoms with Crippen molar-refractivity contribution in [3.05, 3.63) is 52.9 Å². The summed E-state index contributed by atoms with van der Waals surface area (Å²) in [5.74, 6) is 1.30. The number of nitrogens with one attached hydrogen (secondary N) is 1. The average molecular weight is 569 g/mol. The average Bonchev–Trinajstić information content (AvgIpc) is 3.31. The summed E-state index contributed by atoms with van der Waals surface area (Å²) in [6, 6.07) is 9.37. The van der Waals surface area contributed by atoms with Crippen LogP contribution in [0.4, 0.5) is 5.13 Å². The van der Waals surface area contributed by atoms with E-state index in [9.17, 15) is 8.42 Å². The van der Waals surface area contributed by atoms with Gasteiger partial charge in [-0.15, -0.1) is 11.3 Å². The monoisotopic (exact) mass is 568 g/mol. The van der Waals surface area contributed by atoms with E-state index < -0.39 is 10.0 Å². The van der Waals surface area contributed by atoms with E-state index in [0.29, 0.717) is 22.9 Å². The lowest BCUT2D eigenvalue weighted by Gasteiger charge is -2.36. The highest BCUT2D eigenvalue weighted by Gasteiger charge is 2.29. The summed E-state index contributed by atoms with van der Waals surface area (Å²) >= 11 is 1.66. The van der Waals surface area contributed by atoms with Crippen molar-refractivity contribution in [2.75, 3.05) is 18.8 Å². The summed E-state index contributed by atoms with van der Waals surface area (Å²) in [6.07, 6.45) is 11.2. The first kappa shape index (κ1) is 28.1. The highest BCUT2D eigenvalue weighted by molar-refractivity contribution is 7.89. The molecule has 2 aromatic heterocycles. The number of fused-ring (bicyclic) bond motifs is 1. The van der Waals surface area contributed by atoms with Crippen molar-refractivity contribution >= 4 is 26.5 Å². The van der Waals surface area contributed by atoms with Gasteiger partial charge in [-0.3, -0.25) is 0 Å². The molecule has 5 rings (SSSR count). The minimum absolute atomic E-state index is 0.0171. The van der Waals surface area contributed by atoms with Gasteiger partial charge >= 0.3 is 0 Å². The molecule has 1 atom stereocenters. The van der Waals surface area contributed by atoms with Crippen molar-refractivity contribution in [1.29, 1.82) is 0 Å². The molecule has 0 aliphatic heterocycles. The first-order valence-corrected chi connectivity index (χ1v) is 16.5. The zero-order valence-corrected chi connectivity index (χ0v) is 24.6. The molecule has 3 N–H and O–H groups in total. The van der Waals surface area contributed by atoms with Gasteiger partial charge in [0.05, 0.1) is 16.3 Å². The van der Waals surface area contributed by atoms with Crippen molar-refractivity contribution < 1.29 is 8.42 Å². The van der Waals surface area contributed by atoms with E-state index in [1.807, 2.05) is 13.0 Å². The summed E-state index contributed by atoms with van der Waals surface area (Å²) < 4.78 is 29.4. The Morgan fingerprint density at radius 2 is 1.92 bits per heavy atom. The lowest BCUT2D eigenvalue weighted by molar-refractivity contribution is 0.158. The lowest BCUT2D eigenvalue weighted by Crippen LogP contribution is -2.41. The van der Waals surface area contributed by atoms with E-state index in [2.05, 4.69) is 31.5 Å². The number of benzene rings is 1. The van der Waals surface area contributed by atoms with Crippen molar-refractivity contribution in [2.24, 2.45) is 5.92 Å². The number of nitrogens with two attached hydrogens (primary N) is 1. The maximum absolute atomic E-state index is 13.2. The van der Waals surface area contributed by atoms with E-state index in [0.717, 1.165) is 75.7 Å². The molecule has 0 unspecified atom stereocenters. The maximum Gasteiger partial charge on any atom is 0.240 e. The zero-order valence-electron chi connectivity index (χ0n) is 23.0. The quantitative estimate of drug-likeness (QED) is 0.354. The predicted molar refractivity (Wildman–Crippen MR) is 157 cm³/mol. The number of hydrogen-bond donors (Lipinski definition) is 2. The molecule has 39 heavy (non-hydrogen) atoms. The molecule has 1 aromatic carbocycles. The van der Waals surface area contributed by atoms with Crippen LogP contribution in [-0.2, 0) is 22.9 Å². The van der Waals surface area contributed by atoms with Gasteiger partial charge in [-0.05, 0) is 102 Å². The molecule has 0 radical (unpaired) electrons. The maximum atomic E-state index is 13.2. The third kappa shape index (κ3) is 7.03. The molecule has 0 saturated heterocycles. The number of nitrogens with zero attached hydrogens (tertiary/aromatic N) is 4. The van der Waals surface area contributed by atoms with E-state index in [1.165, 1.54) is 17.0 Å². The number of anilines is 1. The molecule has 210 valence electrons. The molecule has 3 aromatic rings. The number of aromatic nitrogens is 3. The second kappa shape index (κ2) is 12.4. The van der Waals surface area contributed by atoms with Gasteiger partial charge in [0, 0.05) is 28.7 Å². The van der Waals surface area contributed by atoms with Gasteiger partial charge in [0.15, 0.2) is 5.13 Å². The molecule has 2 heterocycles. The van der Waals surface area contributed by atoms with E-state index in [-0.39, 0.29) is 10.9 Å². The fourth-order valence-electron chi connectivity index (χ4n) is 6.10. The highest BCUT2D eigenvalue weighted by Crippen LogP contribution is 2.32. The predicted octanol–water partition coefficient (Wildman–Crippen LogP) is 4.99. The summed E-state index contributed by atoms with van der Waals surface area (Å²) in [5, 5.41) is 0.698. The molecule has 0 bridgehead atoms. The van der Waals surface area contributed by atoms with Crippen LogP contribution in [0.15, 0.2) is 41.4 Å². The number of nitrogen functional groups attached to an aromatic ring is 1. The summed E-state index contributed by atoms with van der Waals surface area (Å²) in [7, 11) is -3.60. The van der Waals surface area contributed by atoms with Gasteiger partial charge in [-0.25, -0.2) is 28.1 Å². The fraction of sp³-hybridized carbons (Fsp3) is 0.552. The number of rotatable bonds is 10. The van der Waals surface area contributed by atoms with E-state index in [1.54, 1.807) is 41.8 Å². The van der Waals surface area contributed by atoms with E-state index >= 15 is 0 Å². The molecule has 8 nitrogen and oxygen atoms in total. The molecule has 2 aliphatic carbocycles. The highest BCUT2D eigenvalue weighted by atomic mass is 32.2. The number of hydrogen-bond acceptors (Lipinski definition) is 8.